The Kier molecular flexibility index (Phi) is 5.95. The van der Waals surface area contributed by atoms with Gasteiger partial charge in [-0.25, -0.2) is 9.37 Å². The van der Waals surface area contributed by atoms with Gasteiger partial charge in [0.25, 0.3) is 23.3 Å². The highest BCUT2D eigenvalue weighted by Crippen LogP contribution is 2.36. The molecular formula is C24H22FN7O5. The smallest absolute Gasteiger partial charge is 0.278 e. The first-order valence-electron chi connectivity index (χ1n) is 11.2. The molecule has 0 saturated heterocycles. The molecule has 190 valence electrons. The number of carbonyl (C=O) groups is 3. The van der Waals surface area contributed by atoms with E-state index >= 15 is 0 Å². The zero-order valence-electron chi connectivity index (χ0n) is 19.8. The van der Waals surface area contributed by atoms with Crippen molar-refractivity contribution in [2.75, 3.05) is 36.1 Å². The number of aromatic nitrogens is 2. The number of rotatable bonds is 1. The lowest BCUT2D eigenvalue weighted by molar-refractivity contribution is -0.146. The number of fused-ring (bicyclic) bond motifs is 2. The number of halogens is 1. The summed E-state index contributed by atoms with van der Waals surface area (Å²) >= 11 is 0. The van der Waals surface area contributed by atoms with Gasteiger partial charge < -0.3 is 36.1 Å². The largest absolute Gasteiger partial charge is 0.497 e. The fourth-order valence-corrected chi connectivity index (χ4v) is 3.78. The van der Waals surface area contributed by atoms with Crippen LogP contribution in [-0.4, -0.2) is 53.5 Å². The molecule has 4 aliphatic rings. The van der Waals surface area contributed by atoms with E-state index in [0.717, 1.165) is 6.20 Å². The first kappa shape index (κ1) is 23.8. The zero-order chi connectivity index (χ0) is 26.2. The molecule has 1 unspecified atom stereocenters. The Balaban J connectivity index is 1.55. The number of ether oxygens (including phenoxy) is 2. The van der Waals surface area contributed by atoms with E-state index in [9.17, 15) is 18.8 Å². The van der Waals surface area contributed by atoms with Gasteiger partial charge in [0.2, 0.25) is 5.95 Å². The van der Waals surface area contributed by atoms with Gasteiger partial charge in [-0.3, -0.25) is 14.4 Å². The fourth-order valence-electron chi connectivity index (χ4n) is 3.78. The molecule has 7 rings (SSSR count). The van der Waals surface area contributed by atoms with Crippen molar-refractivity contribution in [2.24, 2.45) is 0 Å². The summed E-state index contributed by atoms with van der Waals surface area (Å²) in [5, 5.41) is 13.7. The van der Waals surface area contributed by atoms with Crippen molar-refractivity contribution in [1.82, 2.24) is 20.6 Å². The SMILES string of the molecule is COc1cc2cc(c1)C(=O)NCCNC(=O)C1(C)Oc3ccc(cc3NC1=O)Nc1nc(ncc1F)N2. The van der Waals surface area contributed by atoms with E-state index in [2.05, 4.69) is 36.6 Å². The van der Waals surface area contributed by atoms with E-state index < -0.39 is 29.1 Å². The number of nitrogens with one attached hydrogen (secondary N) is 5. The highest BCUT2D eigenvalue weighted by molar-refractivity contribution is 6.15. The molecule has 5 N–H and O–H groups in total. The molecule has 1 atom stereocenters. The van der Waals surface area contributed by atoms with Crippen molar-refractivity contribution in [2.45, 2.75) is 12.5 Å². The maximum atomic E-state index is 14.5. The standard InChI is InChI=1S/C24H22FN7O5/c1-24-21(34)27-6-5-26-20(33)12-7-14(9-15(8-12)36-2)30-23-28-11-16(25)19(32-23)29-13-3-4-18(37-24)17(10-13)31-22(24)35/h3-4,7-11H,5-6H2,1-2H3,(H,26,33)(H,27,34)(H,31,35)(H2,28,29,30,32). The van der Waals surface area contributed by atoms with Gasteiger partial charge >= 0.3 is 0 Å². The Hall–Kier alpha value is -4.94. The van der Waals surface area contributed by atoms with Crippen LogP contribution in [0.25, 0.3) is 0 Å². The third-order valence-electron chi connectivity index (χ3n) is 5.77. The normalized spacial score (nSPS) is 18.9. The lowest BCUT2D eigenvalue weighted by atomic mass is 10.0. The molecule has 4 aliphatic heterocycles. The molecule has 0 radical (unpaired) electrons. The summed E-state index contributed by atoms with van der Waals surface area (Å²) in [7, 11) is 1.45. The van der Waals surface area contributed by atoms with Crippen LogP contribution >= 0.6 is 0 Å². The van der Waals surface area contributed by atoms with Crippen LogP contribution in [0.5, 0.6) is 11.5 Å². The second-order valence-corrected chi connectivity index (χ2v) is 8.40. The number of benzene rings is 2. The van der Waals surface area contributed by atoms with Crippen molar-refractivity contribution < 1.29 is 28.2 Å². The summed E-state index contributed by atoms with van der Waals surface area (Å²) in [6.07, 6.45) is 0.991. The summed E-state index contributed by atoms with van der Waals surface area (Å²) < 4.78 is 25.6. The Morgan fingerprint density at radius 2 is 1.78 bits per heavy atom. The number of carbonyl (C=O) groups excluding carboxylic acids is 3. The molecule has 37 heavy (non-hydrogen) atoms. The summed E-state index contributed by atoms with van der Waals surface area (Å²) in [6, 6.07) is 9.37. The van der Waals surface area contributed by atoms with Gasteiger partial charge in [-0.2, -0.15) is 4.98 Å². The van der Waals surface area contributed by atoms with Crippen LogP contribution in [0.1, 0.15) is 17.3 Å². The first-order chi connectivity index (χ1) is 17.7. The van der Waals surface area contributed by atoms with E-state index in [1.807, 2.05) is 0 Å². The minimum Gasteiger partial charge on any atom is -0.497 e. The molecule has 5 heterocycles. The van der Waals surface area contributed by atoms with Crippen molar-refractivity contribution in [1.29, 1.82) is 0 Å². The Morgan fingerprint density at radius 3 is 2.59 bits per heavy atom. The van der Waals surface area contributed by atoms with Crippen molar-refractivity contribution in [3.63, 3.8) is 0 Å². The molecule has 0 spiro atoms. The van der Waals surface area contributed by atoms with E-state index in [-0.39, 0.29) is 36.2 Å². The highest BCUT2D eigenvalue weighted by Gasteiger charge is 2.47. The maximum Gasteiger partial charge on any atom is 0.278 e. The first-order valence-corrected chi connectivity index (χ1v) is 11.2. The molecule has 1 aromatic heterocycles. The van der Waals surface area contributed by atoms with Gasteiger partial charge in [-0.05, 0) is 37.3 Å². The quantitative estimate of drug-likeness (QED) is 0.311. The summed E-state index contributed by atoms with van der Waals surface area (Å²) in [6.45, 7) is 1.48. The monoisotopic (exact) mass is 507 g/mol. The maximum absolute atomic E-state index is 14.5. The average molecular weight is 507 g/mol. The van der Waals surface area contributed by atoms with Crippen LogP contribution in [0.2, 0.25) is 0 Å². The number of nitrogens with zero attached hydrogens (tertiary/aromatic N) is 2. The third-order valence-corrected chi connectivity index (χ3v) is 5.77. The van der Waals surface area contributed by atoms with Crippen molar-refractivity contribution >= 4 is 46.5 Å². The van der Waals surface area contributed by atoms with Gasteiger partial charge in [-0.1, -0.05) is 0 Å². The van der Waals surface area contributed by atoms with Crippen molar-refractivity contribution in [3.8, 4) is 11.5 Å². The van der Waals surface area contributed by atoms with E-state index in [1.165, 1.54) is 32.2 Å². The second kappa shape index (κ2) is 9.26. The van der Waals surface area contributed by atoms with E-state index in [0.29, 0.717) is 22.8 Å². The van der Waals surface area contributed by atoms with Gasteiger partial charge in [0, 0.05) is 36.1 Å². The predicted octanol–water partition coefficient (Wildman–Crippen LogP) is 2.06. The Labute approximate surface area is 210 Å². The molecule has 2 aromatic carbocycles. The average Bonchev–Trinajstić information content (AvgIpc) is 2.88. The molecule has 3 aromatic rings. The predicted molar refractivity (Wildman–Crippen MR) is 131 cm³/mol. The molecular weight excluding hydrogens is 485 g/mol. The lowest BCUT2D eigenvalue weighted by Gasteiger charge is -2.33. The van der Waals surface area contributed by atoms with Crippen LogP contribution in [-0.2, 0) is 9.59 Å². The minimum absolute atomic E-state index is 0.0494. The molecule has 0 aliphatic carbocycles. The van der Waals surface area contributed by atoms with Crippen molar-refractivity contribution in [3.05, 3.63) is 54.0 Å². The number of hydrogen-bond donors (Lipinski definition) is 5. The zero-order valence-corrected chi connectivity index (χ0v) is 19.8. The molecule has 0 saturated carbocycles. The van der Waals surface area contributed by atoms with Crippen LogP contribution < -0.4 is 36.1 Å². The lowest BCUT2D eigenvalue weighted by Crippen LogP contribution is -2.59. The number of anilines is 5. The van der Waals surface area contributed by atoms with Crippen LogP contribution in [0.3, 0.4) is 0 Å². The highest BCUT2D eigenvalue weighted by atomic mass is 19.1. The third kappa shape index (κ3) is 4.66. The van der Waals surface area contributed by atoms with E-state index in [1.54, 1.807) is 18.2 Å². The van der Waals surface area contributed by atoms with E-state index in [4.69, 9.17) is 9.47 Å². The van der Waals surface area contributed by atoms with Crippen LogP contribution in [0, 0.1) is 5.82 Å². The molecule has 8 bridgehead atoms. The van der Waals surface area contributed by atoms with Gasteiger partial charge in [0.15, 0.2) is 11.6 Å². The number of methoxy groups -OCH3 is 1. The summed E-state index contributed by atoms with van der Waals surface area (Å²) in [4.78, 5) is 46.5. The second-order valence-electron chi connectivity index (χ2n) is 8.40. The Bertz CT molecular complexity index is 1430. The number of hydrogen-bond acceptors (Lipinski definition) is 9. The van der Waals surface area contributed by atoms with Crippen LogP contribution in [0.15, 0.2) is 42.6 Å². The topological polar surface area (TPSA) is 156 Å². The summed E-state index contributed by atoms with van der Waals surface area (Å²) in [5.41, 5.74) is -0.459. The molecule has 3 amide bonds. The fraction of sp³-hybridized carbons (Fsp3) is 0.208. The summed E-state index contributed by atoms with van der Waals surface area (Å²) in [5.74, 6) is -1.95. The van der Waals surface area contributed by atoms with Gasteiger partial charge in [0.1, 0.15) is 11.5 Å². The number of amides is 3. The van der Waals surface area contributed by atoms with Crippen LogP contribution in [0.4, 0.5) is 33.2 Å². The molecule has 0 fully saturated rings. The Morgan fingerprint density at radius 1 is 0.973 bits per heavy atom. The molecule has 13 heteroatoms. The minimum atomic E-state index is -1.84. The van der Waals surface area contributed by atoms with Gasteiger partial charge in [0.05, 0.1) is 19.0 Å². The van der Waals surface area contributed by atoms with Gasteiger partial charge in [-0.15, -0.1) is 0 Å². The molecule has 12 nitrogen and oxygen atoms in total.